The smallest absolute Gasteiger partial charge is 0.330 e. The van der Waals surface area contributed by atoms with E-state index in [0.29, 0.717) is 6.61 Å². The van der Waals surface area contributed by atoms with Gasteiger partial charge in [0.1, 0.15) is 0 Å². The van der Waals surface area contributed by atoms with Crippen molar-refractivity contribution in [3.05, 3.63) is 12.7 Å². The lowest BCUT2D eigenvalue weighted by Gasteiger charge is -2.27. The van der Waals surface area contributed by atoms with E-state index in [1.165, 1.54) is 6.08 Å². The molecule has 0 bridgehead atoms. The monoisotopic (exact) mass is 327 g/mol. The van der Waals surface area contributed by atoms with Gasteiger partial charge in [-0.3, -0.25) is 0 Å². The summed E-state index contributed by atoms with van der Waals surface area (Å²) < 4.78 is 5.90. The zero-order valence-corrected chi connectivity index (χ0v) is 12.1. The normalized spacial score (nSPS) is 10.3. The van der Waals surface area contributed by atoms with Crippen LogP contribution in [0.2, 0.25) is 0 Å². The SMILES string of the molecule is C=CC(=O)OCCCC[N+](C)(C)CC.[I-]. The van der Waals surface area contributed by atoms with Crippen LogP contribution in [0.5, 0.6) is 0 Å². The lowest BCUT2D eigenvalue weighted by molar-refractivity contribution is -0.888. The summed E-state index contributed by atoms with van der Waals surface area (Å²) in [7, 11) is 4.41. The molecule has 0 aliphatic heterocycles. The Balaban J connectivity index is 0. The van der Waals surface area contributed by atoms with Crippen molar-refractivity contribution >= 4 is 5.97 Å². The van der Waals surface area contributed by atoms with Crippen molar-refractivity contribution in [3.63, 3.8) is 0 Å². The average Bonchev–Trinajstić information content (AvgIpc) is 2.17. The van der Waals surface area contributed by atoms with Gasteiger partial charge in [0.25, 0.3) is 0 Å². The summed E-state index contributed by atoms with van der Waals surface area (Å²) in [5.74, 6) is -0.325. The fourth-order valence-corrected chi connectivity index (χ4v) is 1.03. The maximum atomic E-state index is 10.7. The Morgan fingerprint density at radius 1 is 1.40 bits per heavy atom. The molecule has 0 amide bonds. The summed E-state index contributed by atoms with van der Waals surface area (Å²) in [5.41, 5.74) is 0. The molecule has 15 heavy (non-hydrogen) atoms. The zero-order valence-electron chi connectivity index (χ0n) is 9.96. The van der Waals surface area contributed by atoms with E-state index in [1.807, 2.05) is 0 Å². The van der Waals surface area contributed by atoms with E-state index < -0.39 is 0 Å². The molecule has 0 saturated heterocycles. The topological polar surface area (TPSA) is 26.3 Å². The summed E-state index contributed by atoms with van der Waals surface area (Å²) in [6.45, 7) is 8.28. The molecular weight excluding hydrogens is 305 g/mol. The third-order valence-corrected chi connectivity index (χ3v) is 2.42. The quantitative estimate of drug-likeness (QED) is 0.189. The number of carbonyl (C=O) groups is 1. The van der Waals surface area contributed by atoms with Crippen molar-refractivity contribution in [2.75, 3.05) is 33.8 Å². The Bertz CT molecular complexity index is 193. The molecule has 90 valence electrons. The second-order valence-electron chi connectivity index (χ2n) is 4.05. The number of carbonyl (C=O) groups excluding carboxylic acids is 1. The Morgan fingerprint density at radius 2 is 2.00 bits per heavy atom. The first kappa shape index (κ1) is 17.3. The van der Waals surface area contributed by atoms with Gasteiger partial charge in [0, 0.05) is 6.08 Å². The molecule has 0 radical (unpaired) electrons. The maximum Gasteiger partial charge on any atom is 0.330 e. The lowest BCUT2D eigenvalue weighted by Crippen LogP contribution is -3.00. The van der Waals surface area contributed by atoms with Gasteiger partial charge < -0.3 is 33.2 Å². The number of nitrogens with zero attached hydrogens (tertiary/aromatic N) is 1. The fourth-order valence-electron chi connectivity index (χ4n) is 1.03. The van der Waals surface area contributed by atoms with Gasteiger partial charge >= 0.3 is 5.97 Å². The van der Waals surface area contributed by atoms with E-state index >= 15 is 0 Å². The molecule has 0 aliphatic rings. The van der Waals surface area contributed by atoms with E-state index in [9.17, 15) is 4.79 Å². The minimum Gasteiger partial charge on any atom is -1.00 e. The number of rotatable bonds is 7. The Kier molecular flexibility index (Phi) is 10.6. The standard InChI is InChI=1S/C11H22NO2.HI/c1-5-11(13)14-10-8-7-9-12(3,4)6-2;/h5H,1,6-10H2,2-4H3;1H/q+1;/p-1. The highest BCUT2D eigenvalue weighted by atomic mass is 127. The van der Waals surface area contributed by atoms with Crippen LogP contribution in [0.4, 0.5) is 0 Å². The zero-order chi connectivity index (χ0) is 11.0. The molecule has 0 rings (SSSR count). The Labute approximate surface area is 110 Å². The molecule has 0 fully saturated rings. The van der Waals surface area contributed by atoms with Crippen LogP contribution in [0.15, 0.2) is 12.7 Å². The number of quaternary nitrogens is 1. The van der Waals surface area contributed by atoms with Crippen molar-refractivity contribution in [2.24, 2.45) is 0 Å². The second-order valence-corrected chi connectivity index (χ2v) is 4.05. The summed E-state index contributed by atoms with van der Waals surface area (Å²) >= 11 is 0. The largest absolute Gasteiger partial charge is 1.00 e. The molecular formula is C11H22INO2. The highest BCUT2D eigenvalue weighted by Gasteiger charge is 2.10. The highest BCUT2D eigenvalue weighted by molar-refractivity contribution is 5.81. The number of hydrogen-bond acceptors (Lipinski definition) is 2. The van der Waals surface area contributed by atoms with Gasteiger partial charge in [0.05, 0.1) is 33.8 Å². The van der Waals surface area contributed by atoms with Crippen molar-refractivity contribution in [1.82, 2.24) is 0 Å². The third-order valence-electron chi connectivity index (χ3n) is 2.42. The van der Waals surface area contributed by atoms with Gasteiger partial charge in [0.2, 0.25) is 0 Å². The summed E-state index contributed by atoms with van der Waals surface area (Å²) in [4.78, 5) is 10.7. The number of hydrogen-bond donors (Lipinski definition) is 0. The number of halogens is 1. The van der Waals surface area contributed by atoms with Crippen LogP contribution >= 0.6 is 0 Å². The van der Waals surface area contributed by atoms with E-state index in [0.717, 1.165) is 30.4 Å². The van der Waals surface area contributed by atoms with Gasteiger partial charge in [-0.1, -0.05) is 6.58 Å². The highest BCUT2D eigenvalue weighted by Crippen LogP contribution is 2.01. The van der Waals surface area contributed by atoms with Gasteiger partial charge in [-0.15, -0.1) is 0 Å². The van der Waals surface area contributed by atoms with Crippen LogP contribution < -0.4 is 24.0 Å². The van der Waals surface area contributed by atoms with Crippen LogP contribution in [0, 0.1) is 0 Å². The predicted octanol–water partition coefficient (Wildman–Crippen LogP) is -1.40. The third kappa shape index (κ3) is 10.2. The predicted molar refractivity (Wildman–Crippen MR) is 57.9 cm³/mol. The van der Waals surface area contributed by atoms with Gasteiger partial charge in [-0.05, 0) is 19.8 Å². The molecule has 0 N–H and O–H groups in total. The Morgan fingerprint density at radius 3 is 2.47 bits per heavy atom. The van der Waals surface area contributed by atoms with Crippen LogP contribution in [0.25, 0.3) is 0 Å². The molecule has 0 heterocycles. The van der Waals surface area contributed by atoms with Gasteiger partial charge in [-0.25, -0.2) is 4.79 Å². The summed E-state index contributed by atoms with van der Waals surface area (Å²) in [5, 5.41) is 0. The van der Waals surface area contributed by atoms with Crippen molar-refractivity contribution in [1.29, 1.82) is 0 Å². The van der Waals surface area contributed by atoms with E-state index in [1.54, 1.807) is 0 Å². The molecule has 3 nitrogen and oxygen atoms in total. The van der Waals surface area contributed by atoms with Gasteiger partial charge in [-0.2, -0.15) is 0 Å². The number of unbranched alkanes of at least 4 members (excludes halogenated alkanes) is 1. The fraction of sp³-hybridized carbons (Fsp3) is 0.727. The molecule has 0 aromatic rings. The van der Waals surface area contributed by atoms with Gasteiger partial charge in [0.15, 0.2) is 0 Å². The molecule has 0 spiro atoms. The molecule has 0 aromatic heterocycles. The van der Waals surface area contributed by atoms with E-state index in [-0.39, 0.29) is 29.9 Å². The van der Waals surface area contributed by atoms with Crippen LogP contribution in [-0.2, 0) is 9.53 Å². The molecule has 0 atom stereocenters. The maximum absolute atomic E-state index is 10.7. The van der Waals surface area contributed by atoms with Crippen molar-refractivity contribution < 1.29 is 38.0 Å². The van der Waals surface area contributed by atoms with Crippen LogP contribution in [0.1, 0.15) is 19.8 Å². The first-order valence-corrected chi connectivity index (χ1v) is 5.13. The van der Waals surface area contributed by atoms with Crippen molar-refractivity contribution in [2.45, 2.75) is 19.8 Å². The first-order valence-electron chi connectivity index (χ1n) is 5.13. The molecule has 4 heteroatoms. The Hall–Kier alpha value is -0.100. The summed E-state index contributed by atoms with van der Waals surface area (Å²) in [6, 6.07) is 0. The van der Waals surface area contributed by atoms with Crippen LogP contribution in [-0.4, -0.2) is 44.2 Å². The lowest BCUT2D eigenvalue weighted by atomic mass is 10.3. The van der Waals surface area contributed by atoms with Crippen molar-refractivity contribution in [3.8, 4) is 0 Å². The molecule has 0 saturated carbocycles. The minimum atomic E-state index is -0.325. The minimum absolute atomic E-state index is 0. The summed E-state index contributed by atoms with van der Waals surface area (Å²) in [6.07, 6.45) is 3.22. The first-order chi connectivity index (χ1) is 6.52. The van der Waals surface area contributed by atoms with Crippen LogP contribution in [0.3, 0.4) is 0 Å². The van der Waals surface area contributed by atoms with E-state index in [2.05, 4.69) is 27.6 Å². The molecule has 0 aliphatic carbocycles. The molecule has 0 aromatic carbocycles. The molecule has 0 unspecified atom stereocenters. The second kappa shape index (κ2) is 9.15. The number of esters is 1. The average molecular weight is 327 g/mol. The number of ether oxygens (including phenoxy) is 1. The van der Waals surface area contributed by atoms with E-state index in [4.69, 9.17) is 4.74 Å².